The summed E-state index contributed by atoms with van der Waals surface area (Å²) >= 11 is 8.22. The molecule has 0 atom stereocenters. The number of hydrogen-bond donors (Lipinski definition) is 0. The van der Waals surface area contributed by atoms with Gasteiger partial charge in [0.15, 0.2) is 0 Å². The van der Waals surface area contributed by atoms with E-state index in [0.29, 0.717) is 0 Å². The Morgan fingerprint density at radius 3 is 2.47 bits per heavy atom. The number of benzene rings is 1. The number of nitrogens with zero attached hydrogens (tertiary/aromatic N) is 1. The third kappa shape index (κ3) is 2.67. The first-order valence-electron chi connectivity index (χ1n) is 3.85. The fourth-order valence-corrected chi connectivity index (χ4v) is 3.04. The van der Waals surface area contributed by atoms with E-state index in [0.717, 1.165) is 13.2 Å². The van der Waals surface area contributed by atoms with Crippen LogP contribution in [0.25, 0.3) is 0 Å². The van der Waals surface area contributed by atoms with Crippen molar-refractivity contribution in [2.24, 2.45) is 0 Å². The largest absolute Gasteiger partial charge is 0.489 e. The summed E-state index contributed by atoms with van der Waals surface area (Å²) in [5.74, 6) is -0.351. The van der Waals surface area contributed by atoms with Gasteiger partial charge in [-0.25, -0.2) is 0 Å². The van der Waals surface area contributed by atoms with Gasteiger partial charge in [0.1, 0.15) is 9.37 Å². The SMILES string of the molecule is COc1c(Cl)cc(S(=O)(=O)F)c(Br)c1[N+](=O)[O-]. The van der Waals surface area contributed by atoms with Gasteiger partial charge in [0.2, 0.25) is 5.75 Å². The highest BCUT2D eigenvalue weighted by molar-refractivity contribution is 9.10. The van der Waals surface area contributed by atoms with E-state index in [-0.39, 0.29) is 10.8 Å². The average Bonchev–Trinajstić information content (AvgIpc) is 2.17. The van der Waals surface area contributed by atoms with E-state index in [9.17, 15) is 22.4 Å². The van der Waals surface area contributed by atoms with Crippen molar-refractivity contribution < 1.29 is 22.0 Å². The predicted molar refractivity (Wildman–Crippen MR) is 60.7 cm³/mol. The van der Waals surface area contributed by atoms with Crippen molar-refractivity contribution in [3.63, 3.8) is 0 Å². The number of ether oxygens (including phenoxy) is 1. The zero-order valence-electron chi connectivity index (χ0n) is 8.11. The van der Waals surface area contributed by atoms with Crippen LogP contribution in [-0.2, 0) is 10.2 Å². The minimum absolute atomic E-state index is 0.351. The molecule has 0 amide bonds. The quantitative estimate of drug-likeness (QED) is 0.476. The van der Waals surface area contributed by atoms with Crippen LogP contribution in [0.1, 0.15) is 0 Å². The Balaban J connectivity index is 3.79. The zero-order valence-corrected chi connectivity index (χ0v) is 11.3. The molecule has 94 valence electrons. The van der Waals surface area contributed by atoms with Crippen LogP contribution >= 0.6 is 27.5 Å². The number of nitro benzene ring substituents is 1. The highest BCUT2D eigenvalue weighted by Crippen LogP contribution is 2.44. The first-order valence-corrected chi connectivity index (χ1v) is 6.40. The van der Waals surface area contributed by atoms with Crippen LogP contribution in [0.3, 0.4) is 0 Å². The zero-order chi connectivity index (χ0) is 13.4. The average molecular weight is 349 g/mol. The summed E-state index contributed by atoms with van der Waals surface area (Å²) in [5, 5.41) is 10.4. The molecule has 0 N–H and O–H groups in total. The summed E-state index contributed by atoms with van der Waals surface area (Å²) < 4.78 is 38.5. The Bertz CT molecular complexity index is 590. The third-order valence-electron chi connectivity index (χ3n) is 1.76. The molecule has 0 spiro atoms. The fourth-order valence-electron chi connectivity index (χ4n) is 1.11. The molecule has 6 nitrogen and oxygen atoms in total. The minimum atomic E-state index is -5.13. The second kappa shape index (κ2) is 4.75. The highest BCUT2D eigenvalue weighted by atomic mass is 79.9. The smallest absolute Gasteiger partial charge is 0.333 e. The summed E-state index contributed by atoms with van der Waals surface area (Å²) in [6.45, 7) is 0. The maximum atomic E-state index is 12.9. The first kappa shape index (κ1) is 14.1. The molecule has 0 unspecified atom stereocenters. The number of hydrogen-bond acceptors (Lipinski definition) is 5. The normalized spacial score (nSPS) is 11.3. The van der Waals surface area contributed by atoms with E-state index in [2.05, 4.69) is 20.7 Å². The van der Waals surface area contributed by atoms with E-state index < -0.39 is 30.2 Å². The van der Waals surface area contributed by atoms with E-state index in [1.807, 2.05) is 0 Å². The maximum Gasteiger partial charge on any atom is 0.333 e. The van der Waals surface area contributed by atoms with Gasteiger partial charge in [0, 0.05) is 0 Å². The predicted octanol–water partition coefficient (Wildman–Crippen LogP) is 2.68. The number of rotatable bonds is 3. The Morgan fingerprint density at radius 1 is 1.59 bits per heavy atom. The molecule has 0 saturated heterocycles. The van der Waals surface area contributed by atoms with Crippen LogP contribution in [0.15, 0.2) is 15.4 Å². The van der Waals surface area contributed by atoms with Crippen LogP contribution in [0, 0.1) is 10.1 Å². The van der Waals surface area contributed by atoms with E-state index in [4.69, 9.17) is 11.6 Å². The van der Waals surface area contributed by atoms with Crippen molar-refractivity contribution in [2.45, 2.75) is 4.90 Å². The topological polar surface area (TPSA) is 86.5 Å². The van der Waals surface area contributed by atoms with Gasteiger partial charge in [-0.05, 0) is 22.0 Å². The molecule has 0 radical (unpaired) electrons. The summed E-state index contributed by atoms with van der Waals surface area (Å²) in [6.07, 6.45) is 0. The van der Waals surface area contributed by atoms with Gasteiger partial charge in [-0.15, -0.1) is 3.89 Å². The number of halogens is 3. The van der Waals surface area contributed by atoms with Crippen LogP contribution in [0.4, 0.5) is 9.57 Å². The van der Waals surface area contributed by atoms with Crippen molar-refractivity contribution in [1.82, 2.24) is 0 Å². The monoisotopic (exact) mass is 347 g/mol. The lowest BCUT2D eigenvalue weighted by atomic mass is 10.3. The van der Waals surface area contributed by atoms with Crippen molar-refractivity contribution in [1.29, 1.82) is 0 Å². The lowest BCUT2D eigenvalue weighted by molar-refractivity contribution is -0.386. The molecule has 1 aromatic carbocycles. The van der Waals surface area contributed by atoms with Crippen molar-refractivity contribution >= 4 is 43.4 Å². The lowest BCUT2D eigenvalue weighted by Gasteiger charge is -2.07. The highest BCUT2D eigenvalue weighted by Gasteiger charge is 2.31. The van der Waals surface area contributed by atoms with Gasteiger partial charge in [-0.1, -0.05) is 11.6 Å². The van der Waals surface area contributed by atoms with Gasteiger partial charge >= 0.3 is 15.9 Å². The molecule has 0 heterocycles. The van der Waals surface area contributed by atoms with Crippen molar-refractivity contribution in [3.8, 4) is 5.75 Å². The molecule has 0 fully saturated rings. The van der Waals surface area contributed by atoms with Crippen LogP contribution < -0.4 is 4.74 Å². The molecular formula is C7H4BrClFNO5S. The van der Waals surface area contributed by atoms with E-state index >= 15 is 0 Å². The second-order valence-corrected chi connectivity index (χ2v) is 5.26. The van der Waals surface area contributed by atoms with Crippen molar-refractivity contribution in [2.75, 3.05) is 7.11 Å². The van der Waals surface area contributed by atoms with E-state index in [1.165, 1.54) is 0 Å². The fraction of sp³-hybridized carbons (Fsp3) is 0.143. The molecule has 0 aliphatic heterocycles. The molecule has 1 rings (SSSR count). The molecule has 0 aromatic heterocycles. The molecule has 10 heteroatoms. The van der Waals surface area contributed by atoms with Gasteiger partial charge in [-0.3, -0.25) is 10.1 Å². The molecule has 0 bridgehead atoms. The van der Waals surface area contributed by atoms with Gasteiger partial charge in [0.25, 0.3) is 0 Å². The minimum Gasteiger partial charge on any atom is -0.489 e. The number of methoxy groups -OCH3 is 1. The molecular weight excluding hydrogens is 345 g/mol. The standard InChI is InChI=1S/C7H4BrClFNO5S/c1-16-7-3(9)2-4(17(10,14)15)5(8)6(7)11(12)13/h2H,1H3. The Kier molecular flexibility index (Phi) is 3.95. The first-order chi connectivity index (χ1) is 7.70. The second-order valence-electron chi connectivity index (χ2n) is 2.75. The van der Waals surface area contributed by atoms with Crippen LogP contribution in [0.2, 0.25) is 5.02 Å². The summed E-state index contributed by atoms with van der Waals surface area (Å²) in [4.78, 5) is 8.90. The molecule has 1 aromatic rings. The van der Waals surface area contributed by atoms with Crippen LogP contribution in [-0.4, -0.2) is 20.5 Å². The summed E-state index contributed by atoms with van der Waals surface area (Å²) in [7, 11) is -4.01. The maximum absolute atomic E-state index is 12.9. The third-order valence-corrected chi connectivity index (χ3v) is 3.96. The Morgan fingerprint density at radius 2 is 2.12 bits per heavy atom. The van der Waals surface area contributed by atoms with Crippen molar-refractivity contribution in [3.05, 3.63) is 25.7 Å². The van der Waals surface area contributed by atoms with Gasteiger partial charge in [0.05, 0.1) is 17.1 Å². The molecule has 0 aliphatic carbocycles. The summed E-state index contributed by atoms with van der Waals surface area (Å²) in [5.41, 5.74) is -0.753. The van der Waals surface area contributed by atoms with Gasteiger partial charge < -0.3 is 4.74 Å². The molecule has 0 aliphatic rings. The number of nitro groups is 1. The van der Waals surface area contributed by atoms with E-state index in [1.54, 1.807) is 0 Å². The van der Waals surface area contributed by atoms with Crippen LogP contribution in [0.5, 0.6) is 5.75 Å². The molecule has 17 heavy (non-hydrogen) atoms. The molecule has 0 saturated carbocycles. The van der Waals surface area contributed by atoms with Gasteiger partial charge in [-0.2, -0.15) is 8.42 Å². The Labute approximate surface area is 109 Å². The lowest BCUT2D eigenvalue weighted by Crippen LogP contribution is -2.01. The Hall–Kier alpha value is -0.930. The summed E-state index contributed by atoms with van der Waals surface area (Å²) in [6, 6.07) is 0.729.